The normalized spacial score (nSPS) is 18.7. The van der Waals surface area contributed by atoms with E-state index in [0.29, 0.717) is 5.56 Å². The van der Waals surface area contributed by atoms with E-state index in [1.807, 2.05) is 0 Å². The second-order valence-electron chi connectivity index (χ2n) is 4.87. The van der Waals surface area contributed by atoms with Gasteiger partial charge in [-0.05, 0) is 29.8 Å². The predicted octanol–water partition coefficient (Wildman–Crippen LogP) is 3.60. The predicted molar refractivity (Wildman–Crippen MR) is 76.1 cm³/mol. The quantitative estimate of drug-likeness (QED) is 0.659. The minimum Gasteiger partial charge on any atom is -0.314 e. The van der Waals surface area contributed by atoms with Crippen molar-refractivity contribution < 1.29 is 17.6 Å². The third-order valence-electron chi connectivity index (χ3n) is 3.48. The summed E-state index contributed by atoms with van der Waals surface area (Å²) in [6.45, 7) is 2.44. The van der Waals surface area contributed by atoms with Gasteiger partial charge >= 0.3 is 5.51 Å². The molecule has 1 atom stereocenters. The number of thioether (sulfide) groups is 1. The van der Waals surface area contributed by atoms with Crippen molar-refractivity contribution in [3.05, 3.63) is 29.8 Å². The van der Waals surface area contributed by atoms with Crippen molar-refractivity contribution in [1.82, 2.24) is 10.2 Å². The summed E-state index contributed by atoms with van der Waals surface area (Å²) in [5.41, 5.74) is -3.76. The summed E-state index contributed by atoms with van der Waals surface area (Å²) in [5.74, 6) is 0. The van der Waals surface area contributed by atoms with E-state index in [2.05, 4.69) is 10.2 Å². The first-order chi connectivity index (χ1) is 10.0. The Morgan fingerprint density at radius 2 is 1.86 bits per heavy atom. The van der Waals surface area contributed by atoms with Crippen molar-refractivity contribution in [3.63, 3.8) is 0 Å². The number of benzene rings is 1. The maximum atomic E-state index is 12.9. The van der Waals surface area contributed by atoms with Crippen molar-refractivity contribution in [3.8, 4) is 0 Å². The highest BCUT2D eigenvalue weighted by atomic mass is 32.2. The number of nitrogens with zero attached hydrogens (tertiary/aromatic N) is 1. The molecule has 1 N–H and O–H groups in total. The van der Waals surface area contributed by atoms with Crippen LogP contribution in [0.2, 0.25) is 0 Å². The van der Waals surface area contributed by atoms with Crippen molar-refractivity contribution in [2.45, 2.75) is 22.9 Å². The topological polar surface area (TPSA) is 15.3 Å². The molecule has 0 saturated carbocycles. The lowest BCUT2D eigenvalue weighted by Crippen LogP contribution is -2.45. The second kappa shape index (κ2) is 7.47. The lowest BCUT2D eigenvalue weighted by Gasteiger charge is -2.35. The Labute approximate surface area is 125 Å². The Balaban J connectivity index is 2.26. The maximum Gasteiger partial charge on any atom is 0.446 e. The van der Waals surface area contributed by atoms with Crippen LogP contribution in [-0.4, -0.2) is 43.3 Å². The van der Waals surface area contributed by atoms with Gasteiger partial charge in [-0.25, -0.2) is 0 Å². The number of alkyl halides is 4. The van der Waals surface area contributed by atoms with Crippen molar-refractivity contribution in [2.24, 2.45) is 0 Å². The number of nitrogens with one attached hydrogen (secondary N) is 1. The Hall–Kier alpha value is -0.790. The van der Waals surface area contributed by atoms with E-state index in [9.17, 15) is 17.6 Å². The van der Waals surface area contributed by atoms with Gasteiger partial charge in [-0.1, -0.05) is 18.2 Å². The number of piperazine rings is 1. The molecule has 0 amide bonds. The molecule has 0 radical (unpaired) electrons. The lowest BCUT2D eigenvalue weighted by atomic mass is 10.0. The van der Waals surface area contributed by atoms with Crippen LogP contribution < -0.4 is 5.32 Å². The van der Waals surface area contributed by atoms with E-state index in [1.54, 1.807) is 18.2 Å². The Morgan fingerprint density at radius 3 is 2.48 bits per heavy atom. The molecular formula is C14H18F4N2S. The van der Waals surface area contributed by atoms with Gasteiger partial charge in [0, 0.05) is 37.1 Å². The van der Waals surface area contributed by atoms with E-state index >= 15 is 0 Å². The number of halogens is 4. The molecule has 0 aromatic heterocycles. The van der Waals surface area contributed by atoms with Gasteiger partial charge < -0.3 is 5.32 Å². The number of hydrogen-bond acceptors (Lipinski definition) is 3. The van der Waals surface area contributed by atoms with Gasteiger partial charge in [0.05, 0.1) is 6.67 Å². The minimum absolute atomic E-state index is 0.119. The molecule has 0 spiro atoms. The van der Waals surface area contributed by atoms with Crippen LogP contribution in [0.4, 0.5) is 17.6 Å². The van der Waals surface area contributed by atoms with Crippen molar-refractivity contribution in [1.29, 1.82) is 0 Å². The lowest BCUT2D eigenvalue weighted by molar-refractivity contribution is -0.0328. The van der Waals surface area contributed by atoms with Gasteiger partial charge in [0.2, 0.25) is 0 Å². The highest BCUT2D eigenvalue weighted by molar-refractivity contribution is 8.00. The fraction of sp³-hybridized carbons (Fsp3) is 0.571. The summed E-state index contributed by atoms with van der Waals surface area (Å²) in [6.07, 6.45) is 0.218. The molecule has 1 aromatic carbocycles. The molecule has 1 saturated heterocycles. The van der Waals surface area contributed by atoms with Crippen molar-refractivity contribution in [2.75, 3.05) is 32.9 Å². The highest BCUT2D eigenvalue weighted by Gasteiger charge is 2.32. The first-order valence-corrected chi connectivity index (χ1v) is 7.68. The first kappa shape index (κ1) is 16.6. The van der Waals surface area contributed by atoms with Crippen molar-refractivity contribution >= 4 is 11.8 Å². The van der Waals surface area contributed by atoms with Crippen LogP contribution >= 0.6 is 11.8 Å². The molecule has 2 rings (SSSR count). The highest BCUT2D eigenvalue weighted by Crippen LogP contribution is 2.41. The summed E-state index contributed by atoms with van der Waals surface area (Å²) in [6, 6.07) is 6.13. The van der Waals surface area contributed by atoms with Gasteiger partial charge in [-0.15, -0.1) is 0 Å². The molecule has 0 unspecified atom stereocenters. The van der Waals surface area contributed by atoms with Crippen LogP contribution in [0.15, 0.2) is 29.2 Å². The molecule has 2 nitrogen and oxygen atoms in total. The standard InChI is InChI=1S/C14H18F4N2S/c15-6-5-12(20-9-7-19-8-10-20)11-3-1-2-4-13(11)21-14(16,17)18/h1-4,12,19H,5-10H2/t12-/m0/s1. The molecular weight excluding hydrogens is 304 g/mol. The zero-order valence-corrected chi connectivity index (χ0v) is 12.3. The fourth-order valence-electron chi connectivity index (χ4n) is 2.61. The maximum absolute atomic E-state index is 12.9. The monoisotopic (exact) mass is 322 g/mol. The molecule has 1 aliphatic rings. The van der Waals surface area contributed by atoms with E-state index in [-0.39, 0.29) is 29.1 Å². The third kappa shape index (κ3) is 4.86. The van der Waals surface area contributed by atoms with E-state index in [1.165, 1.54) is 6.07 Å². The molecule has 7 heteroatoms. The molecule has 21 heavy (non-hydrogen) atoms. The molecule has 1 heterocycles. The summed E-state index contributed by atoms with van der Waals surface area (Å²) in [4.78, 5) is 2.23. The second-order valence-corrected chi connectivity index (χ2v) is 5.97. The summed E-state index contributed by atoms with van der Waals surface area (Å²) < 4.78 is 50.9. The summed E-state index contributed by atoms with van der Waals surface area (Å²) in [5, 5.41) is 3.20. The first-order valence-electron chi connectivity index (χ1n) is 6.86. The molecule has 1 aromatic rings. The van der Waals surface area contributed by atoms with Gasteiger partial charge in [0.25, 0.3) is 0 Å². The van der Waals surface area contributed by atoms with Gasteiger partial charge in [-0.3, -0.25) is 9.29 Å². The van der Waals surface area contributed by atoms with Crippen LogP contribution in [-0.2, 0) is 0 Å². The van der Waals surface area contributed by atoms with Crippen LogP contribution in [0.1, 0.15) is 18.0 Å². The largest absolute Gasteiger partial charge is 0.446 e. The van der Waals surface area contributed by atoms with E-state index in [4.69, 9.17) is 0 Å². The molecule has 1 fully saturated rings. The Kier molecular flexibility index (Phi) is 5.89. The molecule has 118 valence electrons. The SMILES string of the molecule is FCC[C@@H](c1ccccc1SC(F)(F)F)N1CCNCC1. The fourth-order valence-corrected chi connectivity index (χ4v) is 3.32. The van der Waals surface area contributed by atoms with Gasteiger partial charge in [-0.2, -0.15) is 13.2 Å². The minimum atomic E-state index is -4.33. The zero-order chi connectivity index (χ0) is 15.3. The average Bonchev–Trinajstić information content (AvgIpc) is 2.45. The van der Waals surface area contributed by atoms with Crippen LogP contribution in [0, 0.1) is 0 Å². The third-order valence-corrected chi connectivity index (χ3v) is 4.30. The van der Waals surface area contributed by atoms with E-state index < -0.39 is 12.2 Å². The molecule has 1 aliphatic heterocycles. The van der Waals surface area contributed by atoms with Crippen LogP contribution in [0.5, 0.6) is 0 Å². The molecule has 0 aliphatic carbocycles. The van der Waals surface area contributed by atoms with E-state index in [0.717, 1.165) is 26.2 Å². The van der Waals surface area contributed by atoms with Gasteiger partial charge in [0.15, 0.2) is 0 Å². The number of rotatable bonds is 5. The zero-order valence-electron chi connectivity index (χ0n) is 11.5. The number of hydrogen-bond donors (Lipinski definition) is 1. The summed E-state index contributed by atoms with van der Waals surface area (Å²) in [7, 11) is 0. The Morgan fingerprint density at radius 1 is 1.19 bits per heavy atom. The summed E-state index contributed by atoms with van der Waals surface area (Å²) >= 11 is -0.119. The average molecular weight is 322 g/mol. The van der Waals surface area contributed by atoms with Crippen LogP contribution in [0.25, 0.3) is 0 Å². The Bertz CT molecular complexity index is 447. The van der Waals surface area contributed by atoms with Gasteiger partial charge in [0.1, 0.15) is 0 Å². The smallest absolute Gasteiger partial charge is 0.314 e. The van der Waals surface area contributed by atoms with Crippen LogP contribution in [0.3, 0.4) is 0 Å². The molecule has 0 bridgehead atoms.